The maximum atomic E-state index is 13.7. The van der Waals surface area contributed by atoms with Crippen LogP contribution in [-0.4, -0.2) is 18.8 Å². The Labute approximate surface area is 92.2 Å². The summed E-state index contributed by atoms with van der Waals surface area (Å²) in [7, 11) is 0. The van der Waals surface area contributed by atoms with E-state index < -0.39 is 5.67 Å². The highest BCUT2D eigenvalue weighted by atomic mass is 35.5. The molecule has 0 aromatic heterocycles. The van der Waals surface area contributed by atoms with E-state index in [0.717, 1.165) is 5.56 Å². The molecule has 14 heavy (non-hydrogen) atoms. The lowest BCUT2D eigenvalue weighted by atomic mass is 9.91. The lowest BCUT2D eigenvalue weighted by molar-refractivity contribution is 0.0912. The second-order valence-corrected chi connectivity index (χ2v) is 4.49. The van der Waals surface area contributed by atoms with Crippen LogP contribution in [-0.2, 0) is 6.42 Å². The zero-order valence-electron chi connectivity index (χ0n) is 7.49. The molecule has 4 heteroatoms. The molecular formula is C10H10Cl2FN. The maximum Gasteiger partial charge on any atom is 0.139 e. The van der Waals surface area contributed by atoms with E-state index in [4.69, 9.17) is 23.2 Å². The molecule has 1 saturated heterocycles. The molecule has 0 bridgehead atoms. The van der Waals surface area contributed by atoms with Gasteiger partial charge in [0.15, 0.2) is 0 Å². The summed E-state index contributed by atoms with van der Waals surface area (Å²) in [5, 5.41) is 3.91. The molecule has 1 heterocycles. The van der Waals surface area contributed by atoms with E-state index in [-0.39, 0.29) is 0 Å². The molecule has 1 fully saturated rings. The first-order chi connectivity index (χ1) is 6.59. The molecular weight excluding hydrogens is 224 g/mol. The Bertz CT molecular complexity index is 350. The van der Waals surface area contributed by atoms with Crippen molar-refractivity contribution in [3.05, 3.63) is 33.8 Å². The molecule has 1 nitrogen and oxygen atoms in total. The van der Waals surface area contributed by atoms with E-state index in [1.165, 1.54) is 0 Å². The van der Waals surface area contributed by atoms with Gasteiger partial charge in [-0.05, 0) is 17.7 Å². The maximum absolute atomic E-state index is 13.7. The second kappa shape index (κ2) is 3.69. The number of halogens is 3. The van der Waals surface area contributed by atoms with Crippen LogP contribution in [0.15, 0.2) is 18.2 Å². The van der Waals surface area contributed by atoms with E-state index in [1.54, 1.807) is 12.1 Å². The number of rotatable bonds is 2. The number of benzene rings is 1. The highest BCUT2D eigenvalue weighted by Crippen LogP contribution is 2.27. The molecule has 1 aliphatic heterocycles. The van der Waals surface area contributed by atoms with E-state index in [1.807, 2.05) is 6.07 Å². The molecule has 1 aromatic rings. The average molecular weight is 234 g/mol. The molecule has 0 radical (unpaired) electrons. The zero-order chi connectivity index (χ0) is 10.2. The second-order valence-electron chi connectivity index (χ2n) is 3.68. The molecule has 0 aliphatic carbocycles. The Balaban J connectivity index is 2.13. The van der Waals surface area contributed by atoms with Crippen molar-refractivity contribution in [2.75, 3.05) is 13.1 Å². The van der Waals surface area contributed by atoms with Crippen LogP contribution in [0.25, 0.3) is 0 Å². The van der Waals surface area contributed by atoms with Crippen molar-refractivity contribution < 1.29 is 4.39 Å². The van der Waals surface area contributed by atoms with Gasteiger partial charge in [0.2, 0.25) is 0 Å². The third-order valence-electron chi connectivity index (χ3n) is 2.39. The van der Waals surface area contributed by atoms with Crippen LogP contribution in [0.1, 0.15) is 5.56 Å². The summed E-state index contributed by atoms with van der Waals surface area (Å²) in [5.41, 5.74) is -0.208. The first-order valence-corrected chi connectivity index (χ1v) is 5.18. The van der Waals surface area contributed by atoms with Gasteiger partial charge in [-0.25, -0.2) is 4.39 Å². The van der Waals surface area contributed by atoms with Crippen molar-refractivity contribution in [1.29, 1.82) is 0 Å². The molecule has 1 N–H and O–H groups in total. The minimum Gasteiger partial charge on any atom is -0.310 e. The first kappa shape index (κ1) is 10.2. The van der Waals surface area contributed by atoms with Crippen LogP contribution in [0.3, 0.4) is 0 Å². The summed E-state index contributed by atoms with van der Waals surface area (Å²) < 4.78 is 13.7. The van der Waals surface area contributed by atoms with Crippen LogP contribution >= 0.6 is 23.2 Å². The van der Waals surface area contributed by atoms with Gasteiger partial charge in [-0.2, -0.15) is 0 Å². The van der Waals surface area contributed by atoms with Crippen LogP contribution < -0.4 is 5.32 Å². The Morgan fingerprint density at radius 1 is 1.29 bits per heavy atom. The first-order valence-electron chi connectivity index (χ1n) is 4.43. The molecule has 0 atom stereocenters. The minimum absolute atomic E-state index is 0.400. The molecule has 1 aliphatic rings. The third-order valence-corrected chi connectivity index (χ3v) is 3.13. The van der Waals surface area contributed by atoms with Crippen LogP contribution in [0, 0.1) is 0 Å². The molecule has 76 valence electrons. The quantitative estimate of drug-likeness (QED) is 0.829. The third kappa shape index (κ3) is 2.02. The van der Waals surface area contributed by atoms with Gasteiger partial charge >= 0.3 is 0 Å². The van der Waals surface area contributed by atoms with Gasteiger partial charge in [0.05, 0.1) is 10.0 Å². The van der Waals surface area contributed by atoms with Gasteiger partial charge in [-0.3, -0.25) is 0 Å². The largest absolute Gasteiger partial charge is 0.310 e. The van der Waals surface area contributed by atoms with Crippen molar-refractivity contribution in [1.82, 2.24) is 5.32 Å². The molecule has 1 aromatic carbocycles. The number of hydrogen-bond acceptors (Lipinski definition) is 1. The summed E-state index contributed by atoms with van der Waals surface area (Å²) in [4.78, 5) is 0. The van der Waals surface area contributed by atoms with Gasteiger partial charge in [0.25, 0.3) is 0 Å². The SMILES string of the molecule is FC1(Cc2ccc(Cl)c(Cl)c2)CNC1. The summed E-state index contributed by atoms with van der Waals surface area (Å²) in [6, 6.07) is 5.24. The van der Waals surface area contributed by atoms with E-state index in [0.29, 0.717) is 29.6 Å². The normalized spacial score (nSPS) is 19.1. The summed E-state index contributed by atoms with van der Waals surface area (Å²) >= 11 is 11.6. The predicted molar refractivity (Wildman–Crippen MR) is 56.9 cm³/mol. The Kier molecular flexibility index (Phi) is 2.69. The lowest BCUT2D eigenvalue weighted by Crippen LogP contribution is -2.57. The van der Waals surface area contributed by atoms with Gasteiger partial charge in [-0.15, -0.1) is 0 Å². The number of hydrogen-bond donors (Lipinski definition) is 1. The summed E-state index contributed by atoms with van der Waals surface area (Å²) in [5.74, 6) is 0. The summed E-state index contributed by atoms with van der Waals surface area (Å²) in [6.45, 7) is 0.848. The van der Waals surface area contributed by atoms with Gasteiger partial charge in [0, 0.05) is 19.5 Å². The topological polar surface area (TPSA) is 12.0 Å². The van der Waals surface area contributed by atoms with Crippen molar-refractivity contribution in [2.24, 2.45) is 0 Å². The summed E-state index contributed by atoms with van der Waals surface area (Å²) in [6.07, 6.45) is 0.400. The standard InChI is InChI=1S/C10H10Cl2FN/c11-8-2-1-7(3-9(8)12)4-10(13)5-14-6-10/h1-3,14H,4-6H2. The van der Waals surface area contributed by atoms with Crippen molar-refractivity contribution >= 4 is 23.2 Å². The zero-order valence-corrected chi connectivity index (χ0v) is 9.00. The Morgan fingerprint density at radius 3 is 2.50 bits per heavy atom. The smallest absolute Gasteiger partial charge is 0.139 e. The number of alkyl halides is 1. The van der Waals surface area contributed by atoms with Crippen molar-refractivity contribution in [2.45, 2.75) is 12.1 Å². The van der Waals surface area contributed by atoms with Crippen LogP contribution in [0.4, 0.5) is 4.39 Å². The number of nitrogens with one attached hydrogen (secondary N) is 1. The van der Waals surface area contributed by atoms with Crippen molar-refractivity contribution in [3.63, 3.8) is 0 Å². The molecule has 0 unspecified atom stereocenters. The molecule has 0 amide bonds. The lowest BCUT2D eigenvalue weighted by Gasteiger charge is -2.35. The van der Waals surface area contributed by atoms with E-state index >= 15 is 0 Å². The van der Waals surface area contributed by atoms with Crippen LogP contribution in [0.2, 0.25) is 10.0 Å². The van der Waals surface area contributed by atoms with Gasteiger partial charge in [-0.1, -0.05) is 29.3 Å². The van der Waals surface area contributed by atoms with Gasteiger partial charge in [0.1, 0.15) is 5.67 Å². The predicted octanol–water partition coefficient (Wildman–Crippen LogP) is 2.85. The molecule has 0 saturated carbocycles. The fourth-order valence-corrected chi connectivity index (χ4v) is 1.86. The highest BCUT2D eigenvalue weighted by molar-refractivity contribution is 6.42. The Hall–Kier alpha value is -0.310. The monoisotopic (exact) mass is 233 g/mol. The Morgan fingerprint density at radius 2 is 2.00 bits per heavy atom. The highest BCUT2D eigenvalue weighted by Gasteiger charge is 2.36. The van der Waals surface area contributed by atoms with Crippen molar-refractivity contribution in [3.8, 4) is 0 Å². The minimum atomic E-state index is -1.10. The molecule has 2 rings (SSSR count). The fraction of sp³-hybridized carbons (Fsp3) is 0.400. The van der Waals surface area contributed by atoms with Crippen LogP contribution in [0.5, 0.6) is 0 Å². The molecule has 0 spiro atoms. The van der Waals surface area contributed by atoms with Gasteiger partial charge < -0.3 is 5.32 Å². The van der Waals surface area contributed by atoms with E-state index in [2.05, 4.69) is 5.32 Å². The average Bonchev–Trinajstić information content (AvgIpc) is 2.09. The fourth-order valence-electron chi connectivity index (χ4n) is 1.54. The van der Waals surface area contributed by atoms with E-state index in [9.17, 15) is 4.39 Å².